The molecule has 136 valence electrons. The number of H-pyrrole nitrogens is 2. The van der Waals surface area contributed by atoms with Crippen LogP contribution in [0.2, 0.25) is 0 Å². The van der Waals surface area contributed by atoms with E-state index in [0.717, 1.165) is 21.8 Å². The predicted octanol–water partition coefficient (Wildman–Crippen LogP) is 4.37. The smallest absolute Gasteiger partial charge is 0.233 e. The minimum atomic E-state index is -0.0981. The summed E-state index contributed by atoms with van der Waals surface area (Å²) in [4.78, 5) is 20.2. The number of fused-ring (bicyclic) bond motifs is 2. The standard InChI is InChI=1S/C22H16N4O2/c27-20(16-10-9-14-5-1-2-6-15(14)11-16)13-28-21-12-19(25-26-21)22-23-17-7-3-4-8-18(17)24-22/h1-12H,13H2,(H,23,24)(H,25,26). The molecule has 5 aromatic rings. The highest BCUT2D eigenvalue weighted by Gasteiger charge is 2.12. The molecule has 0 aliphatic rings. The van der Waals surface area contributed by atoms with Gasteiger partial charge in [-0.25, -0.2) is 4.98 Å². The molecule has 0 spiro atoms. The van der Waals surface area contributed by atoms with E-state index in [2.05, 4.69) is 20.2 Å². The fourth-order valence-electron chi connectivity index (χ4n) is 3.16. The SMILES string of the molecule is O=C(COc1cc(-c2nc3ccccc3[nH]2)[nH]n1)c1ccc2ccccc2c1. The molecule has 2 N–H and O–H groups in total. The van der Waals surface area contributed by atoms with Gasteiger partial charge in [0, 0.05) is 11.6 Å². The number of aromatic nitrogens is 4. The van der Waals surface area contributed by atoms with Crippen molar-refractivity contribution < 1.29 is 9.53 Å². The van der Waals surface area contributed by atoms with Crippen LogP contribution in [-0.4, -0.2) is 32.6 Å². The predicted molar refractivity (Wildman–Crippen MR) is 107 cm³/mol. The number of rotatable bonds is 5. The average Bonchev–Trinajstić information content (AvgIpc) is 3.38. The molecular weight excluding hydrogens is 352 g/mol. The van der Waals surface area contributed by atoms with Gasteiger partial charge in [0.15, 0.2) is 18.2 Å². The van der Waals surface area contributed by atoms with Crippen molar-refractivity contribution in [2.24, 2.45) is 0 Å². The van der Waals surface area contributed by atoms with E-state index in [0.29, 0.717) is 23.0 Å². The van der Waals surface area contributed by atoms with E-state index in [1.165, 1.54) is 0 Å². The Hall–Kier alpha value is -3.93. The fourth-order valence-corrected chi connectivity index (χ4v) is 3.16. The minimum Gasteiger partial charge on any atom is -0.468 e. The highest BCUT2D eigenvalue weighted by atomic mass is 16.5. The van der Waals surface area contributed by atoms with Crippen LogP contribution in [0.15, 0.2) is 72.8 Å². The second-order valence-corrected chi connectivity index (χ2v) is 6.50. The molecule has 0 saturated carbocycles. The summed E-state index contributed by atoms with van der Waals surface area (Å²) in [5.74, 6) is 0.924. The minimum absolute atomic E-state index is 0.0806. The van der Waals surface area contributed by atoms with Crippen molar-refractivity contribution in [1.82, 2.24) is 20.2 Å². The van der Waals surface area contributed by atoms with Gasteiger partial charge in [-0.2, -0.15) is 0 Å². The number of nitrogens with one attached hydrogen (secondary N) is 2. The van der Waals surface area contributed by atoms with Crippen molar-refractivity contribution in [3.63, 3.8) is 0 Å². The van der Waals surface area contributed by atoms with Gasteiger partial charge in [-0.3, -0.25) is 9.89 Å². The molecule has 2 aromatic heterocycles. The summed E-state index contributed by atoms with van der Waals surface area (Å²) in [6.45, 7) is -0.0806. The molecule has 0 atom stereocenters. The number of hydrogen-bond acceptors (Lipinski definition) is 4. The maximum Gasteiger partial charge on any atom is 0.233 e. The summed E-state index contributed by atoms with van der Waals surface area (Å²) >= 11 is 0. The van der Waals surface area contributed by atoms with Gasteiger partial charge < -0.3 is 9.72 Å². The normalized spacial score (nSPS) is 11.1. The average molecular weight is 368 g/mol. The molecule has 6 heteroatoms. The molecule has 0 aliphatic heterocycles. The largest absolute Gasteiger partial charge is 0.468 e. The van der Waals surface area contributed by atoms with Crippen LogP contribution in [0.25, 0.3) is 33.3 Å². The Morgan fingerprint density at radius 3 is 2.64 bits per heavy atom. The van der Waals surface area contributed by atoms with E-state index in [1.54, 1.807) is 6.07 Å². The first-order chi connectivity index (χ1) is 13.8. The molecule has 0 fully saturated rings. The lowest BCUT2D eigenvalue weighted by Crippen LogP contribution is -2.11. The molecule has 0 saturated heterocycles. The molecule has 2 heterocycles. The lowest BCUT2D eigenvalue weighted by atomic mass is 10.0. The third kappa shape index (κ3) is 3.01. The van der Waals surface area contributed by atoms with E-state index in [1.807, 2.05) is 66.7 Å². The Bertz CT molecular complexity index is 1270. The zero-order valence-corrected chi connectivity index (χ0v) is 14.8. The molecule has 6 nitrogen and oxygen atoms in total. The summed E-state index contributed by atoms with van der Waals surface area (Å²) in [6.07, 6.45) is 0. The number of nitrogens with zero attached hydrogens (tertiary/aromatic N) is 2. The number of ether oxygens (including phenoxy) is 1. The van der Waals surface area contributed by atoms with E-state index < -0.39 is 0 Å². The van der Waals surface area contributed by atoms with Gasteiger partial charge in [0.2, 0.25) is 5.88 Å². The lowest BCUT2D eigenvalue weighted by Gasteiger charge is -2.04. The van der Waals surface area contributed by atoms with Crippen molar-refractivity contribution in [2.45, 2.75) is 0 Å². The third-order valence-electron chi connectivity index (χ3n) is 4.62. The van der Waals surface area contributed by atoms with E-state index in [4.69, 9.17) is 4.74 Å². The summed E-state index contributed by atoms with van der Waals surface area (Å²) < 4.78 is 5.58. The number of Topliss-reactive ketones (excluding diaryl/α,β-unsaturated/α-hetero) is 1. The van der Waals surface area contributed by atoms with Crippen LogP contribution in [0.5, 0.6) is 5.88 Å². The number of ketones is 1. The summed E-state index contributed by atoms with van der Waals surface area (Å²) in [7, 11) is 0. The van der Waals surface area contributed by atoms with Crippen LogP contribution >= 0.6 is 0 Å². The molecule has 5 rings (SSSR count). The maximum atomic E-state index is 12.5. The maximum absolute atomic E-state index is 12.5. The second kappa shape index (κ2) is 6.66. The highest BCUT2D eigenvalue weighted by molar-refractivity contribution is 6.00. The van der Waals surface area contributed by atoms with Crippen LogP contribution in [0.4, 0.5) is 0 Å². The van der Waals surface area contributed by atoms with E-state index >= 15 is 0 Å². The monoisotopic (exact) mass is 368 g/mol. The van der Waals surface area contributed by atoms with Crippen LogP contribution in [-0.2, 0) is 0 Å². The number of aromatic amines is 2. The first-order valence-corrected chi connectivity index (χ1v) is 8.91. The highest BCUT2D eigenvalue weighted by Crippen LogP contribution is 2.22. The topological polar surface area (TPSA) is 83.7 Å². The van der Waals surface area contributed by atoms with Gasteiger partial charge in [-0.05, 0) is 29.0 Å². The van der Waals surface area contributed by atoms with Crippen LogP contribution in [0.3, 0.4) is 0 Å². The second-order valence-electron chi connectivity index (χ2n) is 6.50. The first kappa shape index (κ1) is 16.3. The number of carbonyl (C=O) groups excluding carboxylic acids is 1. The molecule has 28 heavy (non-hydrogen) atoms. The first-order valence-electron chi connectivity index (χ1n) is 8.91. The Morgan fingerprint density at radius 1 is 0.929 bits per heavy atom. The van der Waals surface area contributed by atoms with Gasteiger partial charge in [-0.15, -0.1) is 5.10 Å². The molecule has 0 amide bonds. The van der Waals surface area contributed by atoms with Gasteiger partial charge in [0.25, 0.3) is 0 Å². The van der Waals surface area contributed by atoms with Crippen LogP contribution in [0.1, 0.15) is 10.4 Å². The van der Waals surface area contributed by atoms with Crippen molar-refractivity contribution in [1.29, 1.82) is 0 Å². The molecule has 3 aromatic carbocycles. The van der Waals surface area contributed by atoms with Gasteiger partial charge in [-0.1, -0.05) is 48.5 Å². The molecule has 0 aliphatic carbocycles. The van der Waals surface area contributed by atoms with Crippen molar-refractivity contribution >= 4 is 27.6 Å². The molecule has 0 bridgehead atoms. The van der Waals surface area contributed by atoms with Crippen molar-refractivity contribution in [2.75, 3.05) is 6.61 Å². The van der Waals surface area contributed by atoms with Gasteiger partial charge in [0.1, 0.15) is 5.69 Å². The molecular formula is C22H16N4O2. The number of para-hydroxylation sites is 2. The number of hydrogen-bond donors (Lipinski definition) is 2. The quantitative estimate of drug-likeness (QED) is 0.451. The Balaban J connectivity index is 1.30. The molecule has 0 unspecified atom stereocenters. The lowest BCUT2D eigenvalue weighted by molar-refractivity contribution is 0.0918. The zero-order valence-electron chi connectivity index (χ0n) is 14.8. The van der Waals surface area contributed by atoms with Crippen LogP contribution < -0.4 is 4.74 Å². The van der Waals surface area contributed by atoms with Crippen molar-refractivity contribution in [3.8, 4) is 17.4 Å². The summed E-state index contributed by atoms with van der Waals surface area (Å²) in [5, 5.41) is 9.14. The Labute approximate surface area is 160 Å². The van der Waals surface area contributed by atoms with Gasteiger partial charge >= 0.3 is 0 Å². The third-order valence-corrected chi connectivity index (χ3v) is 4.62. The Kier molecular flexibility index (Phi) is 3.87. The summed E-state index contributed by atoms with van der Waals surface area (Å²) in [6, 6.07) is 23.1. The van der Waals surface area contributed by atoms with Crippen molar-refractivity contribution in [3.05, 3.63) is 78.4 Å². The fraction of sp³-hybridized carbons (Fsp3) is 0.0455. The summed E-state index contributed by atoms with van der Waals surface area (Å²) in [5.41, 5.74) is 3.14. The van der Waals surface area contributed by atoms with E-state index in [-0.39, 0.29) is 12.4 Å². The van der Waals surface area contributed by atoms with E-state index in [9.17, 15) is 4.79 Å². The zero-order chi connectivity index (χ0) is 18.9. The number of benzene rings is 3. The molecule has 0 radical (unpaired) electrons. The van der Waals surface area contributed by atoms with Gasteiger partial charge in [0.05, 0.1) is 11.0 Å². The Morgan fingerprint density at radius 2 is 1.75 bits per heavy atom. The number of carbonyl (C=O) groups is 1. The number of imidazole rings is 1. The van der Waals surface area contributed by atoms with Crippen LogP contribution in [0, 0.1) is 0 Å².